The van der Waals surface area contributed by atoms with Gasteiger partial charge in [-0.05, 0) is 25.5 Å². The lowest BCUT2D eigenvalue weighted by molar-refractivity contribution is 0.0964. The molecule has 0 aliphatic heterocycles. The van der Waals surface area contributed by atoms with Crippen molar-refractivity contribution in [3.63, 3.8) is 0 Å². The summed E-state index contributed by atoms with van der Waals surface area (Å²) in [7, 11) is -2.31. The quantitative estimate of drug-likeness (QED) is 0.874. The predicted octanol–water partition coefficient (Wildman–Crippen LogP) is 3.17. The lowest BCUT2D eigenvalue weighted by Crippen LogP contribution is -2.23. The molecule has 0 atom stereocenters. The highest BCUT2D eigenvalue weighted by molar-refractivity contribution is 7.62. The van der Waals surface area contributed by atoms with E-state index in [9.17, 15) is 9.36 Å². The molecule has 5 nitrogen and oxygen atoms in total. The minimum absolute atomic E-state index is 0.141. The van der Waals surface area contributed by atoms with Crippen molar-refractivity contribution in [2.45, 2.75) is 0 Å². The number of amides is 1. The molecule has 2 rings (SSSR count). The van der Waals surface area contributed by atoms with Crippen molar-refractivity contribution in [2.75, 3.05) is 19.6 Å². The van der Waals surface area contributed by atoms with Crippen LogP contribution in [0.3, 0.4) is 0 Å². The molecule has 2 heterocycles. The highest BCUT2D eigenvalue weighted by atomic mass is 35.5. The molecule has 0 saturated heterocycles. The Morgan fingerprint density at radius 2 is 2.25 bits per heavy atom. The Labute approximate surface area is 125 Å². The highest BCUT2D eigenvalue weighted by Gasteiger charge is 2.19. The number of carbonyl (C=O) groups excluding carboxylic acids is 1. The van der Waals surface area contributed by atoms with Gasteiger partial charge in [0.05, 0.1) is 6.29 Å². The van der Waals surface area contributed by atoms with Gasteiger partial charge in [0.1, 0.15) is 17.0 Å². The van der Waals surface area contributed by atoms with Crippen LogP contribution in [0, 0.1) is 0 Å². The van der Waals surface area contributed by atoms with Crippen molar-refractivity contribution in [2.24, 2.45) is 0 Å². The van der Waals surface area contributed by atoms with Crippen LogP contribution >= 0.6 is 30.1 Å². The number of aromatic nitrogens is 2. The molecule has 2 aromatic rings. The molecular formula is C12H13ClN3O2PS. The van der Waals surface area contributed by atoms with Crippen molar-refractivity contribution in [3.8, 4) is 10.6 Å². The lowest BCUT2D eigenvalue weighted by Gasteiger charge is -2.07. The zero-order valence-corrected chi connectivity index (χ0v) is 13.4. The number of carbonyl (C=O) groups is 1. The molecule has 0 spiro atoms. The Morgan fingerprint density at radius 1 is 1.50 bits per heavy atom. The first-order chi connectivity index (χ1) is 9.37. The summed E-state index contributed by atoms with van der Waals surface area (Å²) in [5.41, 5.74) is 0.801. The van der Waals surface area contributed by atoms with E-state index in [2.05, 4.69) is 15.3 Å². The fourth-order valence-corrected chi connectivity index (χ4v) is 3.12. The van der Waals surface area contributed by atoms with Crippen molar-refractivity contribution in [3.05, 3.63) is 34.6 Å². The molecular weight excluding hydrogens is 317 g/mol. The second-order valence-corrected chi connectivity index (χ2v) is 9.44. The molecule has 0 bridgehead atoms. The average molecular weight is 330 g/mol. The van der Waals surface area contributed by atoms with E-state index in [1.807, 2.05) is 6.07 Å². The number of halogens is 1. The Kier molecular flexibility index (Phi) is 4.58. The second kappa shape index (κ2) is 6.04. The van der Waals surface area contributed by atoms with Gasteiger partial charge in [-0.15, -0.1) is 11.3 Å². The molecule has 0 aliphatic carbocycles. The van der Waals surface area contributed by atoms with Gasteiger partial charge in [0.25, 0.3) is 5.91 Å². The number of thiazole rings is 1. The largest absolute Gasteiger partial charge is 0.344 e. The predicted molar refractivity (Wildman–Crippen MR) is 82.1 cm³/mol. The van der Waals surface area contributed by atoms with Crippen LogP contribution in [0.25, 0.3) is 10.6 Å². The Bertz CT molecular complexity index is 669. The van der Waals surface area contributed by atoms with Gasteiger partial charge in [0.2, 0.25) is 0 Å². The van der Waals surface area contributed by atoms with Gasteiger partial charge < -0.3 is 9.88 Å². The van der Waals surface area contributed by atoms with Crippen LogP contribution in [0.15, 0.2) is 24.5 Å². The number of pyridine rings is 1. The number of nitrogens with one attached hydrogen (secondary N) is 1. The normalized spacial score (nSPS) is 11.3. The summed E-state index contributed by atoms with van der Waals surface area (Å²) in [6.07, 6.45) is 3.46. The summed E-state index contributed by atoms with van der Waals surface area (Å²) in [4.78, 5) is 20.5. The van der Waals surface area contributed by atoms with E-state index >= 15 is 0 Å². The highest BCUT2D eigenvalue weighted by Crippen LogP contribution is 2.34. The third kappa shape index (κ3) is 3.88. The van der Waals surface area contributed by atoms with Gasteiger partial charge in [0, 0.05) is 18.0 Å². The zero-order valence-electron chi connectivity index (χ0n) is 11.0. The molecule has 1 N–H and O–H groups in total. The summed E-state index contributed by atoms with van der Waals surface area (Å²) in [6.45, 7) is 3.23. The smallest absolute Gasteiger partial charge is 0.264 e. The maximum absolute atomic E-state index is 12.0. The second-order valence-electron chi connectivity index (χ2n) is 4.62. The average Bonchev–Trinajstić information content (AvgIpc) is 2.78. The maximum atomic E-state index is 12.0. The fraction of sp³-hybridized carbons (Fsp3) is 0.250. The molecule has 8 heteroatoms. The van der Waals surface area contributed by atoms with Crippen LogP contribution < -0.4 is 5.32 Å². The number of hydrogen-bond donors (Lipinski definition) is 1. The minimum atomic E-state index is -2.31. The van der Waals surface area contributed by atoms with Crippen molar-refractivity contribution >= 4 is 36.0 Å². The van der Waals surface area contributed by atoms with E-state index in [4.69, 9.17) is 11.6 Å². The molecule has 0 radical (unpaired) electrons. The fourth-order valence-electron chi connectivity index (χ4n) is 1.40. The first-order valence-electron chi connectivity index (χ1n) is 5.76. The molecule has 0 unspecified atom stereocenters. The van der Waals surface area contributed by atoms with Gasteiger partial charge in [-0.3, -0.25) is 9.78 Å². The SMILES string of the molecule is CP(C)(=O)CNC(=O)c1sc(-c2cccnc2)nc1Cl. The van der Waals surface area contributed by atoms with E-state index in [1.165, 1.54) is 11.3 Å². The summed E-state index contributed by atoms with van der Waals surface area (Å²) >= 11 is 7.18. The third-order valence-corrected chi connectivity index (χ3v) is 4.73. The Morgan fingerprint density at radius 3 is 2.85 bits per heavy atom. The van der Waals surface area contributed by atoms with Gasteiger partial charge in [-0.2, -0.15) is 0 Å². The topological polar surface area (TPSA) is 72.0 Å². The molecule has 0 saturated carbocycles. The molecule has 0 aromatic carbocycles. The summed E-state index contributed by atoms with van der Waals surface area (Å²) in [6, 6.07) is 3.63. The number of nitrogens with zero attached hydrogens (tertiary/aromatic N) is 2. The maximum Gasteiger partial charge on any atom is 0.264 e. The molecule has 106 valence electrons. The lowest BCUT2D eigenvalue weighted by atomic mass is 10.3. The van der Waals surface area contributed by atoms with E-state index in [1.54, 1.807) is 31.8 Å². The van der Waals surface area contributed by atoms with Crippen LogP contribution in [-0.2, 0) is 4.57 Å². The summed E-state index contributed by atoms with van der Waals surface area (Å²) in [5, 5.41) is 3.39. The van der Waals surface area contributed by atoms with Gasteiger partial charge in [0.15, 0.2) is 5.15 Å². The monoisotopic (exact) mass is 329 g/mol. The molecule has 1 amide bonds. The van der Waals surface area contributed by atoms with E-state index in [0.29, 0.717) is 9.88 Å². The molecule has 2 aromatic heterocycles. The first kappa shape index (κ1) is 15.2. The zero-order chi connectivity index (χ0) is 14.8. The van der Waals surface area contributed by atoms with E-state index in [0.717, 1.165) is 5.56 Å². The Balaban J connectivity index is 2.20. The Hall–Kier alpha value is -1.23. The van der Waals surface area contributed by atoms with Gasteiger partial charge in [-0.1, -0.05) is 11.6 Å². The van der Waals surface area contributed by atoms with Crippen molar-refractivity contribution in [1.29, 1.82) is 0 Å². The molecule has 0 aliphatic rings. The number of hydrogen-bond acceptors (Lipinski definition) is 5. The molecule has 0 fully saturated rings. The van der Waals surface area contributed by atoms with Gasteiger partial charge in [-0.25, -0.2) is 4.98 Å². The van der Waals surface area contributed by atoms with Crippen molar-refractivity contribution in [1.82, 2.24) is 15.3 Å². The van der Waals surface area contributed by atoms with Crippen LogP contribution in [0.5, 0.6) is 0 Å². The van der Waals surface area contributed by atoms with Crippen molar-refractivity contribution < 1.29 is 9.36 Å². The summed E-state index contributed by atoms with van der Waals surface area (Å²) < 4.78 is 11.6. The van der Waals surface area contributed by atoms with Gasteiger partial charge >= 0.3 is 0 Å². The van der Waals surface area contributed by atoms with Crippen LogP contribution in [0.4, 0.5) is 0 Å². The minimum Gasteiger partial charge on any atom is -0.344 e. The third-order valence-electron chi connectivity index (χ3n) is 2.32. The van der Waals surface area contributed by atoms with E-state index in [-0.39, 0.29) is 17.3 Å². The van der Waals surface area contributed by atoms with Crippen LogP contribution in [0.2, 0.25) is 5.15 Å². The first-order valence-corrected chi connectivity index (χ1v) is 9.74. The summed E-state index contributed by atoms with van der Waals surface area (Å²) in [5.74, 6) is -0.355. The van der Waals surface area contributed by atoms with Crippen LogP contribution in [-0.4, -0.2) is 35.5 Å². The van der Waals surface area contributed by atoms with Crippen LogP contribution in [0.1, 0.15) is 9.67 Å². The standard InChI is InChI=1S/C12H13ClN3O2PS/c1-19(2,18)7-15-11(17)9-10(13)16-12(20-9)8-4-3-5-14-6-8/h3-6H,7H2,1-2H3,(H,15,17). The molecule has 20 heavy (non-hydrogen) atoms. The van der Waals surface area contributed by atoms with E-state index < -0.39 is 7.14 Å². The number of rotatable bonds is 4.